The van der Waals surface area contributed by atoms with Gasteiger partial charge in [0.25, 0.3) is 0 Å². The highest BCUT2D eigenvalue weighted by atomic mass is 14.9. The van der Waals surface area contributed by atoms with Crippen LogP contribution in [0.1, 0.15) is 178 Å². The van der Waals surface area contributed by atoms with Gasteiger partial charge in [0, 0.05) is 52.4 Å². The Labute approximate surface area is 532 Å². The molecule has 0 saturated heterocycles. The predicted octanol–water partition coefficient (Wildman–Crippen LogP) is 11.1. The highest BCUT2D eigenvalue weighted by Gasteiger charge is 2.37. The Balaban J connectivity index is 0.000000108. The van der Waals surface area contributed by atoms with E-state index in [1.54, 1.807) is 11.1 Å². The lowest BCUT2D eigenvalue weighted by Gasteiger charge is -2.19. The first kappa shape index (κ1) is 60.8. The molecule has 0 aliphatic carbocycles. The van der Waals surface area contributed by atoms with Gasteiger partial charge < -0.3 is 21.3 Å². The van der Waals surface area contributed by atoms with Crippen molar-refractivity contribution in [2.45, 2.75) is 219 Å². The minimum Gasteiger partial charge on any atom is -0.309 e. The number of hydrogen-bond acceptors (Lipinski definition) is 4. The Morgan fingerprint density at radius 3 is 0.682 bits per heavy atom. The van der Waals surface area contributed by atoms with E-state index in [1.165, 1.54) is 255 Å². The minimum absolute atomic E-state index is 1.01. The average molecular weight is 1150 g/mol. The monoisotopic (exact) mass is 1150 g/mol. The second kappa shape index (κ2) is 21.8. The maximum atomic E-state index is 3.56. The quantitative estimate of drug-likeness (QED) is 0.114. The van der Waals surface area contributed by atoms with E-state index < -0.39 is 0 Å². The lowest BCUT2D eigenvalue weighted by atomic mass is 9.63. The van der Waals surface area contributed by atoms with E-state index >= 15 is 0 Å². The van der Waals surface area contributed by atoms with Gasteiger partial charge in [-0.1, -0.05) is 82.6 Å². The Kier molecular flexibility index (Phi) is 15.0. The first-order valence-electron chi connectivity index (χ1n) is 33.0. The lowest BCUT2D eigenvalue weighted by molar-refractivity contribution is 0.762. The average Bonchev–Trinajstić information content (AvgIpc) is 1.68. The molecule has 0 saturated carbocycles. The van der Waals surface area contributed by atoms with Crippen molar-refractivity contribution < 1.29 is 0 Å². The normalized spacial score (nSPS) is 14.6. The molecule has 0 aromatic heterocycles. The second-order valence-corrected chi connectivity index (χ2v) is 28.1. The van der Waals surface area contributed by atoms with Crippen molar-refractivity contribution in [2.75, 3.05) is 0 Å². The number of benzene rings is 8. The zero-order valence-electron chi connectivity index (χ0n) is 58.0. The van der Waals surface area contributed by atoms with Gasteiger partial charge in [-0.15, -0.1) is 0 Å². The maximum Gasteiger partial charge on any atom is 0.193 e. The lowest BCUT2D eigenvalue weighted by Crippen LogP contribution is -2.28. The number of hydrogen-bond donors (Lipinski definition) is 4. The van der Waals surface area contributed by atoms with Gasteiger partial charge in [-0.3, -0.25) is 0 Å². The molecule has 4 N–H and O–H groups in total. The first-order chi connectivity index (χ1) is 41.7. The van der Waals surface area contributed by atoms with Gasteiger partial charge in [0.2, 0.25) is 0 Å². The smallest absolute Gasteiger partial charge is 0.193 e. The molecular weight excluding hydrogens is 1060 g/mol. The Hall–Kier alpha value is -6.14. The number of nitrogens with one attached hydrogen (secondary N) is 4. The van der Waals surface area contributed by atoms with E-state index in [4.69, 9.17) is 0 Å². The maximum absolute atomic E-state index is 3.56. The zero-order valence-corrected chi connectivity index (χ0v) is 58.0. The molecule has 0 amide bonds. The van der Waals surface area contributed by atoms with Gasteiger partial charge in [-0.05, 0) is 350 Å². The fourth-order valence-corrected chi connectivity index (χ4v) is 17.5. The molecule has 8 aromatic carbocycles. The highest BCUT2D eigenvalue weighted by molar-refractivity contribution is 6.76. The molecule has 8 aromatic rings. The van der Waals surface area contributed by atoms with Crippen LogP contribution in [0.5, 0.6) is 0 Å². The molecule has 16 rings (SSSR count). The zero-order chi connectivity index (χ0) is 63.0. The molecule has 88 heavy (non-hydrogen) atoms. The third-order valence-corrected chi connectivity index (χ3v) is 24.9. The van der Waals surface area contributed by atoms with Gasteiger partial charge in [0.15, 0.2) is 29.1 Å². The molecule has 0 atom stereocenters. The minimum atomic E-state index is 1.01. The van der Waals surface area contributed by atoms with Crippen molar-refractivity contribution in [3.63, 3.8) is 0 Å². The van der Waals surface area contributed by atoms with Gasteiger partial charge in [0.1, 0.15) is 0 Å². The standard InChI is InChI=1S/4C20H23BN/c1-9-10(2)14(6)19-17(12(9)4)18-13(5)11(3)15-7-22-8-16(15)20(18)21-19;2*1-9-10(2)13(5)19-17(12(9)4)18-16-8-22-7-15(16)11(3)14(6)20(18)21-19;1-9-10(2)12(4)19-17(11(9)3)18-13(5)15-7-22-8-16(15)14(6)20(18)21-19/h4*22H,7-8H2,1-6H3. The molecule has 0 fully saturated rings. The summed E-state index contributed by atoms with van der Waals surface area (Å²) in [5.41, 5.74) is 71.0. The van der Waals surface area contributed by atoms with Gasteiger partial charge in [-0.25, -0.2) is 0 Å². The van der Waals surface area contributed by atoms with Crippen molar-refractivity contribution in [1.82, 2.24) is 21.3 Å². The molecule has 0 unspecified atom stereocenters. The van der Waals surface area contributed by atoms with E-state index in [1.807, 2.05) is 0 Å². The molecule has 4 radical (unpaired) electrons. The number of fused-ring (bicyclic) bond motifs is 19. The van der Waals surface area contributed by atoms with Gasteiger partial charge >= 0.3 is 0 Å². The Bertz CT molecular complexity index is 4370. The van der Waals surface area contributed by atoms with Crippen LogP contribution in [0.4, 0.5) is 0 Å². The van der Waals surface area contributed by atoms with Crippen molar-refractivity contribution >= 4 is 72.8 Å². The fraction of sp³-hybridized carbons (Fsp3) is 0.400. The van der Waals surface area contributed by atoms with Crippen molar-refractivity contribution in [1.29, 1.82) is 0 Å². The second-order valence-electron chi connectivity index (χ2n) is 28.1. The molecule has 8 aliphatic heterocycles. The summed E-state index contributed by atoms with van der Waals surface area (Å²) in [5, 5.41) is 14.2. The third-order valence-electron chi connectivity index (χ3n) is 24.9. The summed E-state index contributed by atoms with van der Waals surface area (Å²) < 4.78 is 0. The molecule has 0 bridgehead atoms. The molecule has 0 spiro atoms. The summed E-state index contributed by atoms with van der Waals surface area (Å²) >= 11 is 0. The van der Waals surface area contributed by atoms with Crippen LogP contribution in [0, 0.1) is 166 Å². The summed E-state index contributed by atoms with van der Waals surface area (Å²) in [6.45, 7) is 63.0. The van der Waals surface area contributed by atoms with Crippen LogP contribution in [0.25, 0.3) is 44.5 Å². The molecule has 444 valence electrons. The summed E-state index contributed by atoms with van der Waals surface area (Å²) in [7, 11) is 9.79. The van der Waals surface area contributed by atoms with Crippen LogP contribution in [-0.2, 0) is 52.4 Å². The molecule has 8 heterocycles. The summed E-state index contributed by atoms with van der Waals surface area (Å²) in [6.07, 6.45) is 0. The highest BCUT2D eigenvalue weighted by Crippen LogP contribution is 2.42. The molecular formula is C80H92B4N4. The van der Waals surface area contributed by atoms with E-state index in [-0.39, 0.29) is 0 Å². The van der Waals surface area contributed by atoms with E-state index in [9.17, 15) is 0 Å². The largest absolute Gasteiger partial charge is 0.309 e. The van der Waals surface area contributed by atoms with E-state index in [0.29, 0.717) is 0 Å². The third kappa shape index (κ3) is 8.49. The van der Waals surface area contributed by atoms with Crippen LogP contribution in [0.3, 0.4) is 0 Å². The van der Waals surface area contributed by atoms with Crippen LogP contribution in [0.2, 0.25) is 0 Å². The van der Waals surface area contributed by atoms with Gasteiger partial charge in [-0.2, -0.15) is 0 Å². The SMILES string of the molecule is Cc1c(C)c(C)c2c(c1C)[B]c1c(C)c(C)c3c(c1-2)CNC3.Cc1c(C)c(C)c2c(c1C)[B]c1c(C)c(C)c3c(c1-2)CNC3.Cc1c(C)c(C)c2c(c1C)[B]c1c(C)c3c(c(C)c1-2)CNC3.Cc1c(C)c(C)c2c(c1C)[B]c1c3c(c(C)c(C)c1-2)CNC3. The molecule has 8 heteroatoms. The van der Waals surface area contributed by atoms with Crippen molar-refractivity contribution in [2.24, 2.45) is 0 Å². The van der Waals surface area contributed by atoms with Crippen LogP contribution < -0.4 is 65.0 Å². The molecule has 4 nitrogen and oxygen atoms in total. The van der Waals surface area contributed by atoms with Crippen LogP contribution in [0.15, 0.2) is 0 Å². The number of rotatable bonds is 0. The van der Waals surface area contributed by atoms with E-state index in [2.05, 4.69) is 217 Å². The summed E-state index contributed by atoms with van der Waals surface area (Å²) in [4.78, 5) is 0. The van der Waals surface area contributed by atoms with Gasteiger partial charge in [0.05, 0.1) is 0 Å². The fourth-order valence-electron chi connectivity index (χ4n) is 17.5. The first-order valence-corrected chi connectivity index (χ1v) is 33.0. The van der Waals surface area contributed by atoms with Crippen LogP contribution >= 0.6 is 0 Å². The van der Waals surface area contributed by atoms with Crippen molar-refractivity contribution in [3.8, 4) is 44.5 Å². The Morgan fingerprint density at radius 1 is 0.148 bits per heavy atom. The summed E-state index contributed by atoms with van der Waals surface area (Å²) in [6, 6.07) is 0. The predicted molar refractivity (Wildman–Crippen MR) is 383 cm³/mol. The topological polar surface area (TPSA) is 48.1 Å². The van der Waals surface area contributed by atoms with E-state index in [0.717, 1.165) is 52.4 Å². The molecule has 8 aliphatic rings. The Morgan fingerprint density at radius 2 is 0.330 bits per heavy atom. The summed E-state index contributed by atoms with van der Waals surface area (Å²) in [5.74, 6) is 0. The van der Waals surface area contributed by atoms with Crippen molar-refractivity contribution in [3.05, 3.63) is 178 Å². The van der Waals surface area contributed by atoms with Crippen LogP contribution in [-0.4, -0.2) is 29.1 Å².